The summed E-state index contributed by atoms with van der Waals surface area (Å²) in [4.78, 5) is 46.0. The van der Waals surface area contributed by atoms with Gasteiger partial charge in [-0.25, -0.2) is 0 Å². The van der Waals surface area contributed by atoms with Crippen molar-refractivity contribution in [3.63, 3.8) is 0 Å². The van der Waals surface area contributed by atoms with E-state index in [9.17, 15) is 19.5 Å². The van der Waals surface area contributed by atoms with Gasteiger partial charge in [-0.15, -0.1) is 24.9 Å². The monoisotopic (exact) mass is 588 g/mol. The van der Waals surface area contributed by atoms with Crippen LogP contribution in [0.25, 0.3) is 0 Å². The van der Waals surface area contributed by atoms with E-state index in [-0.39, 0.29) is 54.6 Å². The standard InChI is InChI=1S/C31H41ClN2O5S/c1-6-9-12-16-39-30(38)25-24-17-20(5)31(40-24)26(25)28(36)34(23(18-35)19(4)8-3)27(31)29(37)33(15-7-2)22-14-11-10-13-21(22)32/h6-7,10-11,13-14,19-20,23-27,35H,1-2,8-9,12,15-18H2,3-5H3/t19-,20?,23-,24-,25+,26-,27?,31?/m0/s1. The number of rotatable bonds is 13. The number of aliphatic hydroxyl groups excluding tert-OH is 1. The first-order valence-corrected chi connectivity index (χ1v) is 15.5. The van der Waals surface area contributed by atoms with Crippen molar-refractivity contribution >= 4 is 46.8 Å². The second-order valence-electron chi connectivity index (χ2n) is 11.2. The number of allylic oxidation sites excluding steroid dienone is 1. The Morgan fingerprint density at radius 1 is 1.32 bits per heavy atom. The molecule has 1 spiro atoms. The fourth-order valence-corrected chi connectivity index (χ4v) is 9.56. The first kappa shape index (κ1) is 30.7. The molecule has 2 amide bonds. The van der Waals surface area contributed by atoms with E-state index in [0.717, 1.165) is 6.42 Å². The third-order valence-corrected chi connectivity index (χ3v) is 11.4. The molecule has 7 nitrogen and oxygen atoms in total. The summed E-state index contributed by atoms with van der Waals surface area (Å²) in [6, 6.07) is 5.68. The van der Waals surface area contributed by atoms with Crippen molar-refractivity contribution in [1.82, 2.24) is 4.90 Å². The molecule has 0 aromatic heterocycles. The summed E-state index contributed by atoms with van der Waals surface area (Å²) in [6.45, 7) is 13.8. The summed E-state index contributed by atoms with van der Waals surface area (Å²) in [7, 11) is 0. The number of benzene rings is 1. The van der Waals surface area contributed by atoms with E-state index in [1.54, 1.807) is 51.9 Å². The number of carbonyl (C=O) groups is 3. The van der Waals surface area contributed by atoms with Gasteiger partial charge in [0.05, 0.1) is 46.5 Å². The highest BCUT2D eigenvalue weighted by molar-refractivity contribution is 8.02. The van der Waals surface area contributed by atoms with Gasteiger partial charge in [-0.1, -0.05) is 63.1 Å². The average molecular weight is 589 g/mol. The van der Waals surface area contributed by atoms with Crippen molar-refractivity contribution in [3.8, 4) is 0 Å². The third kappa shape index (κ3) is 5.01. The maximum atomic E-state index is 14.8. The predicted molar refractivity (Wildman–Crippen MR) is 160 cm³/mol. The molecule has 0 aliphatic carbocycles. The highest BCUT2D eigenvalue weighted by Gasteiger charge is 2.77. The number of amides is 2. The van der Waals surface area contributed by atoms with Crippen LogP contribution in [0.2, 0.25) is 5.02 Å². The van der Waals surface area contributed by atoms with Crippen LogP contribution in [0.4, 0.5) is 5.69 Å². The van der Waals surface area contributed by atoms with E-state index in [1.165, 1.54) is 0 Å². The lowest BCUT2D eigenvalue weighted by Crippen LogP contribution is -2.60. The van der Waals surface area contributed by atoms with Crippen LogP contribution >= 0.6 is 23.4 Å². The number of anilines is 1. The van der Waals surface area contributed by atoms with Crippen LogP contribution in [-0.4, -0.2) is 69.6 Å². The maximum absolute atomic E-state index is 14.8. The van der Waals surface area contributed by atoms with E-state index in [2.05, 4.69) is 20.1 Å². The Morgan fingerprint density at radius 3 is 2.67 bits per heavy atom. The van der Waals surface area contributed by atoms with E-state index in [1.807, 2.05) is 19.9 Å². The molecule has 1 aromatic carbocycles. The number of thioether (sulfide) groups is 1. The van der Waals surface area contributed by atoms with Crippen LogP contribution < -0.4 is 4.90 Å². The van der Waals surface area contributed by atoms with Gasteiger partial charge < -0.3 is 19.6 Å². The summed E-state index contributed by atoms with van der Waals surface area (Å²) < 4.78 is 4.85. The van der Waals surface area contributed by atoms with Crippen molar-refractivity contribution in [2.75, 3.05) is 24.7 Å². The Bertz CT molecular complexity index is 1150. The number of hydrogen-bond acceptors (Lipinski definition) is 6. The van der Waals surface area contributed by atoms with Gasteiger partial charge in [0, 0.05) is 11.8 Å². The molecule has 1 aromatic rings. The summed E-state index contributed by atoms with van der Waals surface area (Å²) in [6.07, 6.45) is 6.25. The van der Waals surface area contributed by atoms with E-state index < -0.39 is 28.7 Å². The van der Waals surface area contributed by atoms with Gasteiger partial charge in [0.2, 0.25) is 5.91 Å². The van der Waals surface area contributed by atoms with E-state index >= 15 is 0 Å². The fraction of sp³-hybridized carbons (Fsp3) is 0.581. The Kier molecular flexibility index (Phi) is 9.74. The van der Waals surface area contributed by atoms with Crippen molar-refractivity contribution in [3.05, 3.63) is 54.6 Å². The third-order valence-electron chi connectivity index (χ3n) is 9.05. The zero-order chi connectivity index (χ0) is 29.2. The minimum Gasteiger partial charge on any atom is -0.465 e. The number of esters is 1. The zero-order valence-corrected chi connectivity index (χ0v) is 25.2. The lowest BCUT2D eigenvalue weighted by Gasteiger charge is -2.43. The number of fused-ring (bicyclic) bond motifs is 1. The predicted octanol–water partition coefficient (Wildman–Crippen LogP) is 5.11. The topological polar surface area (TPSA) is 87.2 Å². The van der Waals surface area contributed by atoms with Crippen molar-refractivity contribution in [2.24, 2.45) is 23.7 Å². The van der Waals surface area contributed by atoms with Gasteiger partial charge in [-0.3, -0.25) is 14.4 Å². The molecule has 40 heavy (non-hydrogen) atoms. The minimum atomic E-state index is -0.879. The van der Waals surface area contributed by atoms with Crippen molar-refractivity contribution in [1.29, 1.82) is 0 Å². The molecule has 3 aliphatic rings. The Balaban J connectivity index is 1.82. The van der Waals surface area contributed by atoms with Crippen LogP contribution in [0, 0.1) is 23.7 Å². The molecular formula is C31H41ClN2O5S. The smallest absolute Gasteiger partial charge is 0.310 e. The fourth-order valence-electron chi connectivity index (χ4n) is 6.93. The molecule has 3 saturated heterocycles. The van der Waals surface area contributed by atoms with Crippen LogP contribution in [0.15, 0.2) is 49.6 Å². The average Bonchev–Trinajstić information content (AvgIpc) is 3.54. The Labute approximate surface area is 246 Å². The number of carbonyl (C=O) groups excluding carboxylic acids is 3. The van der Waals surface area contributed by atoms with Crippen LogP contribution in [-0.2, 0) is 19.1 Å². The maximum Gasteiger partial charge on any atom is 0.310 e. The molecule has 218 valence electrons. The molecule has 3 fully saturated rings. The highest BCUT2D eigenvalue weighted by Crippen LogP contribution is 2.69. The molecule has 3 unspecified atom stereocenters. The summed E-state index contributed by atoms with van der Waals surface area (Å²) in [5, 5.41) is 10.9. The number of halogens is 1. The Hall–Kier alpha value is -2.29. The van der Waals surface area contributed by atoms with Gasteiger partial charge in [0.15, 0.2) is 0 Å². The van der Waals surface area contributed by atoms with Gasteiger partial charge in [0.1, 0.15) is 6.04 Å². The van der Waals surface area contributed by atoms with E-state index in [4.69, 9.17) is 16.3 Å². The van der Waals surface area contributed by atoms with E-state index in [0.29, 0.717) is 30.0 Å². The lowest BCUT2D eigenvalue weighted by molar-refractivity contribution is -0.155. The number of ether oxygens (including phenoxy) is 1. The van der Waals surface area contributed by atoms with Gasteiger partial charge in [-0.2, -0.15) is 0 Å². The minimum absolute atomic E-state index is 0.00619. The molecule has 0 saturated carbocycles. The second kappa shape index (κ2) is 12.7. The first-order chi connectivity index (χ1) is 19.2. The molecule has 1 N–H and O–H groups in total. The summed E-state index contributed by atoms with van der Waals surface area (Å²) >= 11 is 8.16. The molecule has 3 aliphatic heterocycles. The number of aliphatic hydroxyl groups is 1. The first-order valence-electron chi connectivity index (χ1n) is 14.2. The summed E-state index contributed by atoms with van der Waals surface area (Å²) in [5.41, 5.74) is 0.536. The Morgan fingerprint density at radius 2 is 2.05 bits per heavy atom. The lowest BCUT2D eigenvalue weighted by atomic mass is 9.66. The number of hydrogen-bond donors (Lipinski definition) is 1. The quantitative estimate of drug-likeness (QED) is 0.196. The zero-order valence-electron chi connectivity index (χ0n) is 23.6. The molecule has 3 heterocycles. The SMILES string of the molecule is C=CCCCOC(=O)[C@@H]1[C@@H]2CC(C)C3(S2)C(C(=O)N(CC=C)c2ccccc2Cl)N([C@@H](CO)[C@@H](C)CC)C(=O)[C@H]13. The van der Waals surface area contributed by atoms with Crippen LogP contribution in [0.1, 0.15) is 46.5 Å². The molecule has 0 radical (unpaired) electrons. The van der Waals surface area contributed by atoms with Crippen LogP contribution in [0.3, 0.4) is 0 Å². The normalized spacial score (nSPS) is 30.1. The number of para-hydroxylation sites is 1. The van der Waals surface area contributed by atoms with Gasteiger partial charge >= 0.3 is 5.97 Å². The number of unbranched alkanes of at least 4 members (excludes halogenated alkanes) is 1. The number of likely N-dealkylation sites (tertiary alicyclic amines) is 1. The van der Waals surface area contributed by atoms with Crippen LogP contribution in [0.5, 0.6) is 0 Å². The second-order valence-corrected chi connectivity index (χ2v) is 13.2. The largest absolute Gasteiger partial charge is 0.465 e. The summed E-state index contributed by atoms with van der Waals surface area (Å²) in [5.74, 6) is -2.30. The molecule has 4 rings (SSSR count). The van der Waals surface area contributed by atoms with Crippen molar-refractivity contribution < 1.29 is 24.2 Å². The molecule has 8 atom stereocenters. The van der Waals surface area contributed by atoms with Gasteiger partial charge in [-0.05, 0) is 43.2 Å². The molecule has 9 heteroatoms. The molecule has 2 bridgehead atoms. The molecular weight excluding hydrogens is 548 g/mol. The van der Waals surface area contributed by atoms with Gasteiger partial charge in [0.25, 0.3) is 5.91 Å². The number of nitrogens with zero attached hydrogens (tertiary/aromatic N) is 2. The van der Waals surface area contributed by atoms with Crippen molar-refractivity contribution in [2.45, 2.75) is 68.5 Å². The highest BCUT2D eigenvalue weighted by atomic mass is 35.5.